The molecule has 0 aliphatic carbocycles. The van der Waals surface area contributed by atoms with E-state index in [0.29, 0.717) is 12.1 Å². The zero-order chi connectivity index (χ0) is 18.5. The highest BCUT2D eigenvalue weighted by molar-refractivity contribution is 9.10. The Kier molecular flexibility index (Phi) is 5.93. The van der Waals surface area contributed by atoms with Gasteiger partial charge in [0.25, 0.3) is 5.91 Å². The number of carbonyl (C=O) groups excluding carboxylic acids is 2. The van der Waals surface area contributed by atoms with Crippen molar-refractivity contribution in [2.75, 3.05) is 29.9 Å². The van der Waals surface area contributed by atoms with Crippen LogP contribution in [0, 0.1) is 0 Å². The fourth-order valence-corrected chi connectivity index (χ4v) is 3.33. The normalized spacial score (nSPS) is 12.6. The van der Waals surface area contributed by atoms with Crippen LogP contribution < -0.4 is 15.5 Å². The molecule has 5 nitrogen and oxygen atoms in total. The van der Waals surface area contributed by atoms with Gasteiger partial charge < -0.3 is 15.5 Å². The molecule has 6 heteroatoms. The van der Waals surface area contributed by atoms with Gasteiger partial charge in [0.2, 0.25) is 5.91 Å². The number of nitrogens with zero attached hydrogens (tertiary/aromatic N) is 1. The molecule has 3 rings (SSSR count). The van der Waals surface area contributed by atoms with Crippen LogP contribution in [0.2, 0.25) is 0 Å². The first kappa shape index (κ1) is 18.5. The van der Waals surface area contributed by atoms with Crippen molar-refractivity contribution in [3.63, 3.8) is 0 Å². The summed E-state index contributed by atoms with van der Waals surface area (Å²) in [5, 5.41) is 5.68. The maximum atomic E-state index is 12.1. The van der Waals surface area contributed by atoms with Gasteiger partial charge in [-0.3, -0.25) is 9.59 Å². The fourth-order valence-electron chi connectivity index (χ4n) is 3.07. The van der Waals surface area contributed by atoms with E-state index >= 15 is 0 Å². The highest BCUT2D eigenvalue weighted by Gasteiger charge is 2.18. The summed E-state index contributed by atoms with van der Waals surface area (Å²) in [5.41, 5.74) is 3.90. The molecule has 0 unspecified atom stereocenters. The van der Waals surface area contributed by atoms with Crippen molar-refractivity contribution in [1.82, 2.24) is 5.32 Å². The largest absolute Gasteiger partial charge is 0.371 e. The minimum Gasteiger partial charge on any atom is -0.371 e. The van der Waals surface area contributed by atoms with Crippen LogP contribution in [0.25, 0.3) is 0 Å². The molecule has 0 saturated heterocycles. The van der Waals surface area contributed by atoms with Gasteiger partial charge in [-0.25, -0.2) is 0 Å². The van der Waals surface area contributed by atoms with E-state index in [9.17, 15) is 9.59 Å². The third-order valence-corrected chi connectivity index (χ3v) is 5.02. The first-order chi connectivity index (χ1) is 12.6. The third-order valence-electron chi connectivity index (χ3n) is 4.49. The number of halogens is 1. The van der Waals surface area contributed by atoms with E-state index in [-0.39, 0.29) is 18.2 Å². The van der Waals surface area contributed by atoms with Crippen molar-refractivity contribution >= 4 is 39.1 Å². The van der Waals surface area contributed by atoms with Gasteiger partial charge in [-0.1, -0.05) is 22.0 Å². The summed E-state index contributed by atoms with van der Waals surface area (Å²) in [4.78, 5) is 26.5. The number of amides is 2. The monoisotopic (exact) mass is 415 g/mol. The van der Waals surface area contributed by atoms with Crippen LogP contribution >= 0.6 is 15.9 Å². The topological polar surface area (TPSA) is 61.4 Å². The molecule has 1 aliphatic rings. The molecular formula is C20H22BrN3O2. The lowest BCUT2D eigenvalue weighted by molar-refractivity contribution is -0.116. The molecule has 2 amide bonds. The van der Waals surface area contributed by atoms with Crippen molar-refractivity contribution in [3.05, 3.63) is 58.1 Å². The highest BCUT2D eigenvalue weighted by Crippen LogP contribution is 2.30. The minimum absolute atomic E-state index is 0.109. The molecule has 1 aliphatic heterocycles. The average Bonchev–Trinajstić information content (AvgIpc) is 3.04. The summed E-state index contributed by atoms with van der Waals surface area (Å²) in [7, 11) is 0. The molecule has 2 aromatic rings. The first-order valence-corrected chi connectivity index (χ1v) is 9.57. The van der Waals surface area contributed by atoms with Crippen LogP contribution in [0.15, 0.2) is 46.9 Å². The smallest absolute Gasteiger partial charge is 0.251 e. The van der Waals surface area contributed by atoms with Gasteiger partial charge in [-0.2, -0.15) is 0 Å². The standard InChI is InChI=1S/C20H22BrN3O2/c1-2-24-12-10-14-5-8-17(13-18(14)24)23-19(25)9-11-22-20(26)15-3-6-16(21)7-4-15/h3-8,13H,2,9-12H2,1H3,(H,22,26)(H,23,25). The van der Waals surface area contributed by atoms with Crippen molar-refractivity contribution < 1.29 is 9.59 Å². The Hall–Kier alpha value is -2.34. The summed E-state index contributed by atoms with van der Waals surface area (Å²) >= 11 is 3.34. The van der Waals surface area contributed by atoms with Crippen LogP contribution in [0.1, 0.15) is 29.3 Å². The Morgan fingerprint density at radius 3 is 2.65 bits per heavy atom. The van der Waals surface area contributed by atoms with Gasteiger partial charge >= 0.3 is 0 Å². The second kappa shape index (κ2) is 8.36. The molecule has 0 atom stereocenters. The summed E-state index contributed by atoms with van der Waals surface area (Å²) < 4.78 is 0.921. The molecular weight excluding hydrogens is 394 g/mol. The van der Waals surface area contributed by atoms with Gasteiger partial charge in [-0.15, -0.1) is 0 Å². The molecule has 136 valence electrons. The number of benzene rings is 2. The van der Waals surface area contributed by atoms with Crippen LogP contribution in [0.3, 0.4) is 0 Å². The Bertz CT molecular complexity index is 805. The number of hydrogen-bond donors (Lipinski definition) is 2. The SMILES string of the molecule is CCN1CCc2ccc(NC(=O)CCNC(=O)c3ccc(Br)cc3)cc21. The third kappa shape index (κ3) is 4.43. The summed E-state index contributed by atoms with van der Waals surface area (Å²) in [6.45, 7) is 4.43. The number of anilines is 2. The number of nitrogens with one attached hydrogen (secondary N) is 2. The van der Waals surface area contributed by atoms with Crippen molar-refractivity contribution in [1.29, 1.82) is 0 Å². The highest BCUT2D eigenvalue weighted by atomic mass is 79.9. The predicted molar refractivity (Wildman–Crippen MR) is 108 cm³/mol. The zero-order valence-corrected chi connectivity index (χ0v) is 16.3. The number of fused-ring (bicyclic) bond motifs is 1. The lowest BCUT2D eigenvalue weighted by Crippen LogP contribution is -2.27. The minimum atomic E-state index is -0.179. The van der Waals surface area contributed by atoms with Crippen LogP contribution in [0.5, 0.6) is 0 Å². The van der Waals surface area contributed by atoms with Gasteiger partial charge in [-0.05, 0) is 55.3 Å². The van der Waals surface area contributed by atoms with Gasteiger partial charge in [0.1, 0.15) is 0 Å². The zero-order valence-electron chi connectivity index (χ0n) is 14.7. The summed E-state index contributed by atoms with van der Waals surface area (Å²) in [5.74, 6) is -0.288. The molecule has 2 aromatic carbocycles. The van der Waals surface area contributed by atoms with E-state index in [1.807, 2.05) is 24.3 Å². The van der Waals surface area contributed by atoms with Crippen LogP contribution in [0.4, 0.5) is 11.4 Å². The molecule has 0 saturated carbocycles. The lowest BCUT2D eigenvalue weighted by Gasteiger charge is -2.17. The molecule has 2 N–H and O–H groups in total. The first-order valence-electron chi connectivity index (χ1n) is 8.78. The Morgan fingerprint density at radius 1 is 1.15 bits per heavy atom. The van der Waals surface area contributed by atoms with E-state index in [4.69, 9.17) is 0 Å². The number of rotatable bonds is 6. The molecule has 0 bridgehead atoms. The number of likely N-dealkylation sites (N-methyl/N-ethyl adjacent to an activating group) is 1. The Labute approximate surface area is 161 Å². The van der Waals surface area contributed by atoms with Crippen LogP contribution in [-0.4, -0.2) is 31.4 Å². The van der Waals surface area contributed by atoms with Crippen molar-refractivity contribution in [3.8, 4) is 0 Å². The molecule has 0 aromatic heterocycles. The van der Waals surface area contributed by atoms with Gasteiger partial charge in [0, 0.05) is 47.5 Å². The maximum absolute atomic E-state index is 12.1. The Morgan fingerprint density at radius 2 is 1.92 bits per heavy atom. The molecule has 26 heavy (non-hydrogen) atoms. The van der Waals surface area contributed by atoms with E-state index in [1.165, 1.54) is 11.3 Å². The Balaban J connectivity index is 1.49. The van der Waals surface area contributed by atoms with Gasteiger partial charge in [0.05, 0.1) is 0 Å². The summed E-state index contributed by atoms with van der Waals surface area (Å²) in [6, 6.07) is 13.2. The average molecular weight is 416 g/mol. The summed E-state index contributed by atoms with van der Waals surface area (Å²) in [6.07, 6.45) is 1.29. The van der Waals surface area contributed by atoms with Crippen LogP contribution in [-0.2, 0) is 11.2 Å². The molecule has 0 fully saturated rings. The van der Waals surface area contributed by atoms with Gasteiger partial charge in [0.15, 0.2) is 0 Å². The molecule has 0 spiro atoms. The van der Waals surface area contributed by atoms with E-state index in [1.54, 1.807) is 12.1 Å². The van der Waals surface area contributed by atoms with Crippen molar-refractivity contribution in [2.45, 2.75) is 19.8 Å². The number of carbonyl (C=O) groups is 2. The van der Waals surface area contributed by atoms with E-state index in [0.717, 1.165) is 29.7 Å². The van der Waals surface area contributed by atoms with E-state index in [2.05, 4.69) is 44.5 Å². The maximum Gasteiger partial charge on any atom is 0.251 e. The quantitative estimate of drug-likeness (QED) is 0.757. The molecule has 0 radical (unpaired) electrons. The predicted octanol–water partition coefficient (Wildman–Crippen LogP) is 3.59. The van der Waals surface area contributed by atoms with E-state index < -0.39 is 0 Å². The molecule has 1 heterocycles. The second-order valence-corrected chi connectivity index (χ2v) is 7.15. The lowest BCUT2D eigenvalue weighted by atomic mass is 10.1. The second-order valence-electron chi connectivity index (χ2n) is 6.23. The number of hydrogen-bond acceptors (Lipinski definition) is 3. The van der Waals surface area contributed by atoms with Crippen molar-refractivity contribution in [2.24, 2.45) is 0 Å². The fraction of sp³-hybridized carbons (Fsp3) is 0.300.